The molecule has 0 aromatic carbocycles. The molecule has 19 heavy (non-hydrogen) atoms. The van der Waals surface area contributed by atoms with Crippen LogP contribution in [0.1, 0.15) is 45.6 Å². The molecule has 3 rings (SSSR count). The van der Waals surface area contributed by atoms with E-state index in [1.165, 1.54) is 6.20 Å². The largest absolute Gasteiger partial charge is 0.461 e. The van der Waals surface area contributed by atoms with Crippen molar-refractivity contribution < 1.29 is 13.7 Å². The zero-order chi connectivity index (χ0) is 13.8. The number of pyridine rings is 1. The van der Waals surface area contributed by atoms with Crippen molar-refractivity contribution in [2.45, 2.75) is 57.1 Å². The summed E-state index contributed by atoms with van der Waals surface area (Å²) in [6.45, 7) is 8.20. The molecule has 2 atom stereocenters. The number of rotatable bonds is 2. The minimum atomic E-state index is -0.301. The Labute approximate surface area is 113 Å². The van der Waals surface area contributed by atoms with Crippen LogP contribution < -0.4 is 0 Å². The Kier molecular flexibility index (Phi) is 2.77. The first-order chi connectivity index (χ1) is 8.80. The Bertz CT molecular complexity index is 490. The molecule has 1 aliphatic carbocycles. The van der Waals surface area contributed by atoms with E-state index in [0.717, 1.165) is 12.0 Å². The minimum Gasteiger partial charge on any atom is -0.403 e. The zero-order valence-corrected chi connectivity index (χ0v) is 11.8. The summed E-state index contributed by atoms with van der Waals surface area (Å²) in [5.74, 6) is 0.333. The fourth-order valence-corrected chi connectivity index (χ4v) is 2.59. The van der Waals surface area contributed by atoms with Crippen LogP contribution >= 0.6 is 0 Å². The lowest BCUT2D eigenvalue weighted by atomic mass is 9.80. The number of halogens is 1. The van der Waals surface area contributed by atoms with Gasteiger partial charge in [0.1, 0.15) is 5.82 Å². The third kappa shape index (κ3) is 2.19. The van der Waals surface area contributed by atoms with Gasteiger partial charge in [0.05, 0.1) is 17.4 Å². The fraction of sp³-hybridized carbons (Fsp3) is 0.643. The number of hydrogen-bond donors (Lipinski definition) is 0. The monoisotopic (exact) mass is 263 g/mol. The fourth-order valence-electron chi connectivity index (χ4n) is 2.59. The molecule has 1 saturated heterocycles. The molecule has 1 aromatic heterocycles. The molecule has 1 aromatic rings. The van der Waals surface area contributed by atoms with Gasteiger partial charge in [-0.1, -0.05) is 0 Å². The summed E-state index contributed by atoms with van der Waals surface area (Å²) in [5.41, 5.74) is 0.343. The Morgan fingerprint density at radius 1 is 1.21 bits per heavy atom. The molecule has 102 valence electrons. The summed E-state index contributed by atoms with van der Waals surface area (Å²) in [4.78, 5) is 3.91. The van der Waals surface area contributed by atoms with E-state index in [1.54, 1.807) is 12.3 Å². The lowest BCUT2D eigenvalue weighted by molar-refractivity contribution is 0.00578. The summed E-state index contributed by atoms with van der Waals surface area (Å²) in [7, 11) is -0.196. The predicted octanol–water partition coefficient (Wildman–Crippen LogP) is 3.17. The van der Waals surface area contributed by atoms with Crippen molar-refractivity contribution in [3.05, 3.63) is 29.8 Å². The van der Waals surface area contributed by atoms with E-state index in [9.17, 15) is 4.39 Å². The maximum atomic E-state index is 13.2. The Morgan fingerprint density at radius 3 is 2.42 bits per heavy atom. The quantitative estimate of drug-likeness (QED) is 0.768. The van der Waals surface area contributed by atoms with Gasteiger partial charge in [0.2, 0.25) is 0 Å². The van der Waals surface area contributed by atoms with Gasteiger partial charge in [0, 0.05) is 12.0 Å². The van der Waals surface area contributed by atoms with Gasteiger partial charge in [-0.25, -0.2) is 4.39 Å². The molecule has 0 N–H and O–H groups in total. The van der Waals surface area contributed by atoms with Gasteiger partial charge in [0.25, 0.3) is 0 Å². The highest BCUT2D eigenvalue weighted by molar-refractivity contribution is 6.49. The highest BCUT2D eigenvalue weighted by Crippen LogP contribution is 2.58. The highest BCUT2D eigenvalue weighted by atomic mass is 19.1. The highest BCUT2D eigenvalue weighted by Gasteiger charge is 2.59. The number of nitrogens with zero attached hydrogens (tertiary/aromatic N) is 1. The van der Waals surface area contributed by atoms with Crippen LogP contribution in [-0.4, -0.2) is 23.3 Å². The van der Waals surface area contributed by atoms with Crippen LogP contribution in [0.3, 0.4) is 0 Å². The molecule has 2 heterocycles. The summed E-state index contributed by atoms with van der Waals surface area (Å²) >= 11 is 0. The number of aromatic nitrogens is 1. The van der Waals surface area contributed by atoms with E-state index in [0.29, 0.717) is 11.7 Å². The standard InChI is InChI=1S/C14H19BFNO2/c1-13(2)14(3,4)19-15(18-13)12-6-11(12)9-5-10(16)8-17-7-9/h5,7-8,11-12H,6H2,1-4H3/t11-,12+/m1/s1. The van der Waals surface area contributed by atoms with Crippen molar-refractivity contribution in [2.75, 3.05) is 0 Å². The minimum absolute atomic E-state index is 0.196. The summed E-state index contributed by atoms with van der Waals surface area (Å²) in [6.07, 6.45) is 3.94. The van der Waals surface area contributed by atoms with E-state index in [-0.39, 0.29) is 24.1 Å². The smallest absolute Gasteiger partial charge is 0.403 e. The molecule has 0 bridgehead atoms. The predicted molar refractivity (Wildman–Crippen MR) is 71.4 cm³/mol. The van der Waals surface area contributed by atoms with Crippen molar-refractivity contribution in [3.8, 4) is 0 Å². The lowest BCUT2D eigenvalue weighted by Crippen LogP contribution is -2.41. The lowest BCUT2D eigenvalue weighted by Gasteiger charge is -2.32. The molecular weight excluding hydrogens is 244 g/mol. The van der Waals surface area contributed by atoms with E-state index in [4.69, 9.17) is 9.31 Å². The van der Waals surface area contributed by atoms with Gasteiger partial charge in [-0.3, -0.25) is 4.98 Å². The average molecular weight is 263 g/mol. The first-order valence-electron chi connectivity index (χ1n) is 6.76. The second-order valence-electron chi connectivity index (χ2n) is 6.57. The Hall–Kier alpha value is -0.935. The molecule has 0 spiro atoms. The zero-order valence-electron chi connectivity index (χ0n) is 11.8. The van der Waals surface area contributed by atoms with Crippen molar-refractivity contribution in [2.24, 2.45) is 0 Å². The molecule has 0 unspecified atom stereocenters. The molecular formula is C14H19BFNO2. The van der Waals surface area contributed by atoms with Gasteiger partial charge in [-0.05, 0) is 51.7 Å². The molecule has 3 nitrogen and oxygen atoms in total. The summed E-state index contributed by atoms with van der Waals surface area (Å²) in [6, 6.07) is 1.56. The van der Waals surface area contributed by atoms with Crippen LogP contribution in [0.2, 0.25) is 5.82 Å². The normalized spacial score (nSPS) is 31.5. The second kappa shape index (κ2) is 4.03. The topological polar surface area (TPSA) is 31.4 Å². The van der Waals surface area contributed by atoms with Gasteiger partial charge in [0.15, 0.2) is 0 Å². The van der Waals surface area contributed by atoms with E-state index < -0.39 is 0 Å². The Balaban J connectivity index is 1.72. The van der Waals surface area contributed by atoms with Crippen molar-refractivity contribution in [1.82, 2.24) is 4.98 Å². The first kappa shape index (κ1) is 13.1. The molecule has 0 radical (unpaired) electrons. The van der Waals surface area contributed by atoms with Crippen molar-refractivity contribution in [1.29, 1.82) is 0 Å². The van der Waals surface area contributed by atoms with Crippen LogP contribution in [0, 0.1) is 5.82 Å². The SMILES string of the molecule is CC1(C)OB([C@H]2C[C@@H]2c2cncc(F)c2)OC1(C)C. The van der Waals surface area contributed by atoms with Gasteiger partial charge in [-0.2, -0.15) is 0 Å². The van der Waals surface area contributed by atoms with Gasteiger partial charge >= 0.3 is 7.12 Å². The van der Waals surface area contributed by atoms with Crippen molar-refractivity contribution >= 4 is 7.12 Å². The van der Waals surface area contributed by atoms with Crippen molar-refractivity contribution in [3.63, 3.8) is 0 Å². The maximum absolute atomic E-state index is 13.2. The van der Waals surface area contributed by atoms with E-state index in [2.05, 4.69) is 4.98 Å². The van der Waals surface area contributed by atoms with E-state index in [1.807, 2.05) is 27.7 Å². The third-order valence-corrected chi connectivity index (χ3v) is 4.62. The first-order valence-corrected chi connectivity index (χ1v) is 6.76. The van der Waals surface area contributed by atoms with Crippen LogP contribution in [0.25, 0.3) is 0 Å². The maximum Gasteiger partial charge on any atom is 0.461 e. The second-order valence-corrected chi connectivity index (χ2v) is 6.57. The van der Waals surface area contributed by atoms with Crippen LogP contribution in [0.15, 0.2) is 18.5 Å². The molecule has 0 amide bonds. The van der Waals surface area contributed by atoms with Gasteiger partial charge in [-0.15, -0.1) is 0 Å². The van der Waals surface area contributed by atoms with Gasteiger partial charge < -0.3 is 9.31 Å². The average Bonchev–Trinajstić information content (AvgIpc) is 3.03. The molecule has 1 aliphatic heterocycles. The van der Waals surface area contributed by atoms with E-state index >= 15 is 0 Å². The number of hydrogen-bond acceptors (Lipinski definition) is 3. The Morgan fingerprint density at radius 2 is 1.84 bits per heavy atom. The molecule has 2 fully saturated rings. The van der Waals surface area contributed by atoms with Crippen LogP contribution in [-0.2, 0) is 9.31 Å². The van der Waals surface area contributed by atoms with Crippen LogP contribution in [0.4, 0.5) is 4.39 Å². The molecule has 1 saturated carbocycles. The van der Waals surface area contributed by atoms with Crippen LogP contribution in [0.5, 0.6) is 0 Å². The summed E-state index contributed by atoms with van der Waals surface area (Å²) < 4.78 is 25.2. The summed E-state index contributed by atoms with van der Waals surface area (Å²) in [5, 5.41) is 0. The molecule has 2 aliphatic rings. The molecule has 5 heteroatoms. The third-order valence-electron chi connectivity index (χ3n) is 4.62.